The molecule has 1 atom stereocenters. The first-order valence-corrected chi connectivity index (χ1v) is 6.93. The van der Waals surface area contributed by atoms with Crippen LogP contribution in [0.25, 0.3) is 0 Å². The van der Waals surface area contributed by atoms with Gasteiger partial charge in [0, 0.05) is 0 Å². The lowest BCUT2D eigenvalue weighted by molar-refractivity contribution is -0.0374. The highest BCUT2D eigenvalue weighted by atomic mass is 16.5. The summed E-state index contributed by atoms with van der Waals surface area (Å²) in [6, 6.07) is 3.41. The maximum atomic E-state index is 11.3. The molecule has 4 nitrogen and oxygen atoms in total. The molecule has 1 unspecified atom stereocenters. The molecule has 1 aliphatic rings. The zero-order valence-electron chi connectivity index (χ0n) is 11.8. The van der Waals surface area contributed by atoms with E-state index < -0.39 is 5.97 Å². The van der Waals surface area contributed by atoms with Crippen LogP contribution < -0.4 is 0 Å². The van der Waals surface area contributed by atoms with E-state index in [0.717, 1.165) is 18.8 Å². The average Bonchev–Trinajstić information content (AvgIpc) is 2.90. The molecule has 0 radical (unpaired) electrons. The Kier molecular flexibility index (Phi) is 4.64. The van der Waals surface area contributed by atoms with Crippen molar-refractivity contribution in [2.75, 3.05) is 7.11 Å². The van der Waals surface area contributed by atoms with E-state index in [-0.39, 0.29) is 11.9 Å². The van der Waals surface area contributed by atoms with Crippen molar-refractivity contribution in [2.24, 2.45) is 5.92 Å². The SMILES string of the molecule is COC(=O)c1ccc(C(C)OC2CCC(C)CC2)o1. The lowest BCUT2D eigenvalue weighted by atomic mass is 9.89. The molecule has 19 heavy (non-hydrogen) atoms. The second-order valence-corrected chi connectivity index (χ2v) is 5.35. The molecule has 1 heterocycles. The first-order chi connectivity index (χ1) is 9.10. The topological polar surface area (TPSA) is 48.7 Å². The summed E-state index contributed by atoms with van der Waals surface area (Å²) >= 11 is 0. The lowest BCUT2D eigenvalue weighted by Gasteiger charge is -2.28. The summed E-state index contributed by atoms with van der Waals surface area (Å²) in [5, 5.41) is 0. The van der Waals surface area contributed by atoms with Gasteiger partial charge in [-0.2, -0.15) is 0 Å². The maximum Gasteiger partial charge on any atom is 0.373 e. The maximum absolute atomic E-state index is 11.3. The van der Waals surface area contributed by atoms with Crippen LogP contribution in [-0.2, 0) is 9.47 Å². The van der Waals surface area contributed by atoms with Gasteiger partial charge in [-0.15, -0.1) is 0 Å². The van der Waals surface area contributed by atoms with E-state index in [2.05, 4.69) is 11.7 Å². The second-order valence-electron chi connectivity index (χ2n) is 5.35. The number of ether oxygens (including phenoxy) is 2. The number of esters is 1. The monoisotopic (exact) mass is 266 g/mol. The van der Waals surface area contributed by atoms with Crippen LogP contribution in [0.15, 0.2) is 16.5 Å². The van der Waals surface area contributed by atoms with Gasteiger partial charge in [0.25, 0.3) is 0 Å². The van der Waals surface area contributed by atoms with Crippen LogP contribution >= 0.6 is 0 Å². The van der Waals surface area contributed by atoms with Gasteiger partial charge in [0.1, 0.15) is 11.9 Å². The number of carbonyl (C=O) groups excluding carboxylic acids is 1. The Morgan fingerprint density at radius 3 is 2.63 bits per heavy atom. The van der Waals surface area contributed by atoms with Crippen molar-refractivity contribution in [2.45, 2.75) is 51.7 Å². The molecule has 1 aromatic rings. The highest BCUT2D eigenvalue weighted by molar-refractivity contribution is 5.86. The van der Waals surface area contributed by atoms with Gasteiger partial charge in [-0.05, 0) is 50.7 Å². The van der Waals surface area contributed by atoms with E-state index in [1.54, 1.807) is 12.1 Å². The molecule has 0 bridgehead atoms. The molecule has 1 fully saturated rings. The van der Waals surface area contributed by atoms with Gasteiger partial charge < -0.3 is 13.9 Å². The molecule has 0 saturated heterocycles. The molecule has 2 rings (SSSR count). The standard InChI is InChI=1S/C15H22O4/c1-10-4-6-12(7-5-10)18-11(2)13-8-9-14(19-13)15(16)17-3/h8-12H,4-7H2,1-3H3. The third-order valence-electron chi connectivity index (χ3n) is 3.77. The van der Waals surface area contributed by atoms with E-state index >= 15 is 0 Å². The molecule has 1 aromatic heterocycles. The quantitative estimate of drug-likeness (QED) is 0.779. The van der Waals surface area contributed by atoms with Gasteiger partial charge in [0.2, 0.25) is 5.76 Å². The second kappa shape index (κ2) is 6.24. The van der Waals surface area contributed by atoms with Crippen LogP contribution in [0.4, 0.5) is 0 Å². The molecule has 4 heteroatoms. The van der Waals surface area contributed by atoms with Crippen molar-refractivity contribution < 1.29 is 18.7 Å². The van der Waals surface area contributed by atoms with Crippen LogP contribution in [-0.4, -0.2) is 19.2 Å². The Labute approximate surface area is 114 Å². The van der Waals surface area contributed by atoms with E-state index in [1.807, 2.05) is 6.92 Å². The fourth-order valence-electron chi connectivity index (χ4n) is 2.50. The van der Waals surface area contributed by atoms with E-state index in [9.17, 15) is 4.79 Å². The third kappa shape index (κ3) is 3.60. The summed E-state index contributed by atoms with van der Waals surface area (Å²) in [5.74, 6) is 1.26. The number of carbonyl (C=O) groups is 1. The average molecular weight is 266 g/mol. The molecule has 0 amide bonds. The number of methoxy groups -OCH3 is 1. The van der Waals surface area contributed by atoms with Crippen LogP contribution in [0, 0.1) is 5.92 Å². The Bertz CT molecular complexity index is 416. The number of furan rings is 1. The smallest absolute Gasteiger partial charge is 0.373 e. The highest BCUT2D eigenvalue weighted by Crippen LogP contribution is 2.30. The van der Waals surface area contributed by atoms with Crippen molar-refractivity contribution in [3.05, 3.63) is 23.7 Å². The van der Waals surface area contributed by atoms with Gasteiger partial charge in [-0.25, -0.2) is 4.79 Å². The van der Waals surface area contributed by atoms with Crippen molar-refractivity contribution in [1.82, 2.24) is 0 Å². The van der Waals surface area contributed by atoms with Gasteiger partial charge in [0.15, 0.2) is 0 Å². The van der Waals surface area contributed by atoms with Crippen molar-refractivity contribution in [3.8, 4) is 0 Å². The number of rotatable bonds is 4. The predicted octanol–water partition coefficient (Wildman–Crippen LogP) is 3.72. The van der Waals surface area contributed by atoms with E-state index in [4.69, 9.17) is 9.15 Å². The minimum atomic E-state index is -0.454. The van der Waals surface area contributed by atoms with Crippen LogP contribution in [0.3, 0.4) is 0 Å². The first kappa shape index (κ1) is 14.1. The molecule has 106 valence electrons. The van der Waals surface area contributed by atoms with Gasteiger partial charge in [0.05, 0.1) is 13.2 Å². The van der Waals surface area contributed by atoms with Gasteiger partial charge >= 0.3 is 5.97 Å². The summed E-state index contributed by atoms with van der Waals surface area (Å²) in [7, 11) is 1.34. The van der Waals surface area contributed by atoms with Crippen molar-refractivity contribution >= 4 is 5.97 Å². The highest BCUT2D eigenvalue weighted by Gasteiger charge is 2.23. The Morgan fingerprint density at radius 1 is 1.32 bits per heavy atom. The van der Waals surface area contributed by atoms with Crippen LogP contribution in [0.2, 0.25) is 0 Å². The number of hydrogen-bond donors (Lipinski definition) is 0. The van der Waals surface area contributed by atoms with Crippen LogP contribution in [0.5, 0.6) is 0 Å². The third-order valence-corrected chi connectivity index (χ3v) is 3.77. The molecular weight excluding hydrogens is 244 g/mol. The summed E-state index contributed by atoms with van der Waals surface area (Å²) in [4.78, 5) is 11.3. The molecule has 1 aliphatic carbocycles. The fraction of sp³-hybridized carbons (Fsp3) is 0.667. The van der Waals surface area contributed by atoms with E-state index in [0.29, 0.717) is 11.9 Å². The van der Waals surface area contributed by atoms with Crippen molar-refractivity contribution in [3.63, 3.8) is 0 Å². The molecule has 0 aromatic carbocycles. The minimum Gasteiger partial charge on any atom is -0.463 e. The largest absolute Gasteiger partial charge is 0.463 e. The minimum absolute atomic E-state index is 0.128. The Morgan fingerprint density at radius 2 is 2.00 bits per heavy atom. The Hall–Kier alpha value is -1.29. The first-order valence-electron chi connectivity index (χ1n) is 6.93. The zero-order valence-corrected chi connectivity index (χ0v) is 11.8. The van der Waals surface area contributed by atoms with Gasteiger partial charge in [-0.3, -0.25) is 0 Å². The van der Waals surface area contributed by atoms with Crippen LogP contribution in [0.1, 0.15) is 61.9 Å². The molecule has 0 N–H and O–H groups in total. The Balaban J connectivity index is 1.90. The number of hydrogen-bond acceptors (Lipinski definition) is 4. The molecule has 0 spiro atoms. The molecular formula is C15H22O4. The predicted molar refractivity (Wildman–Crippen MR) is 71.0 cm³/mol. The summed E-state index contributed by atoms with van der Waals surface area (Å²) < 4.78 is 16.1. The normalized spacial score (nSPS) is 25.0. The lowest BCUT2D eigenvalue weighted by Crippen LogP contribution is -2.21. The van der Waals surface area contributed by atoms with Gasteiger partial charge in [-0.1, -0.05) is 6.92 Å². The molecule has 0 aliphatic heterocycles. The summed E-state index contributed by atoms with van der Waals surface area (Å²) in [6.45, 7) is 4.24. The fourth-order valence-corrected chi connectivity index (χ4v) is 2.50. The summed E-state index contributed by atoms with van der Waals surface area (Å²) in [5.41, 5.74) is 0. The molecule has 1 saturated carbocycles. The van der Waals surface area contributed by atoms with E-state index in [1.165, 1.54) is 20.0 Å². The summed E-state index contributed by atoms with van der Waals surface area (Å²) in [6.07, 6.45) is 4.84. The zero-order chi connectivity index (χ0) is 13.8. The van der Waals surface area contributed by atoms with Crippen molar-refractivity contribution in [1.29, 1.82) is 0 Å².